The van der Waals surface area contributed by atoms with Gasteiger partial charge in [-0.15, -0.1) is 0 Å². The zero-order valence-corrected chi connectivity index (χ0v) is 11.2. The summed E-state index contributed by atoms with van der Waals surface area (Å²) in [4.78, 5) is 22.6. The van der Waals surface area contributed by atoms with Crippen LogP contribution >= 0.6 is 0 Å². The third-order valence-electron chi connectivity index (χ3n) is 3.40. The molecule has 1 aromatic carbocycles. The minimum Gasteiger partial charge on any atom is -0.478 e. The number of nitrogens with zero attached hydrogens (tertiary/aromatic N) is 1. The van der Waals surface area contributed by atoms with Crippen molar-refractivity contribution in [2.24, 2.45) is 0 Å². The lowest BCUT2D eigenvalue weighted by Crippen LogP contribution is -2.22. The summed E-state index contributed by atoms with van der Waals surface area (Å²) >= 11 is 0. The molecule has 1 heterocycles. The summed E-state index contributed by atoms with van der Waals surface area (Å²) in [6.07, 6.45) is 2.20. The highest BCUT2D eigenvalue weighted by Gasteiger charge is 2.28. The minimum atomic E-state index is -0.972. The Hall–Kier alpha value is -2.63. The van der Waals surface area contributed by atoms with Crippen molar-refractivity contribution in [1.29, 1.82) is 0 Å². The molecule has 21 heavy (non-hydrogen) atoms. The van der Waals surface area contributed by atoms with E-state index < -0.39 is 5.97 Å². The van der Waals surface area contributed by atoms with Crippen LogP contribution in [0.15, 0.2) is 34.9 Å². The Kier molecular flexibility index (Phi) is 3.43. The Balaban J connectivity index is 1.58. The van der Waals surface area contributed by atoms with E-state index in [1.807, 2.05) is 0 Å². The normalized spacial score (nSPS) is 13.9. The molecule has 3 rings (SSSR count). The number of carbonyl (C=O) groups is 2. The highest BCUT2D eigenvalue weighted by molar-refractivity contribution is 5.91. The van der Waals surface area contributed by atoms with E-state index in [2.05, 4.69) is 10.5 Å². The van der Waals surface area contributed by atoms with E-state index in [1.54, 1.807) is 18.2 Å². The van der Waals surface area contributed by atoms with Crippen molar-refractivity contribution in [3.8, 4) is 0 Å². The van der Waals surface area contributed by atoms with E-state index in [0.717, 1.165) is 24.1 Å². The molecule has 0 radical (unpaired) electrons. The van der Waals surface area contributed by atoms with Crippen LogP contribution in [0.4, 0.5) is 0 Å². The molecule has 1 fully saturated rings. The van der Waals surface area contributed by atoms with Crippen molar-refractivity contribution in [3.63, 3.8) is 0 Å². The molecule has 0 aliphatic heterocycles. The molecule has 108 valence electrons. The summed E-state index contributed by atoms with van der Waals surface area (Å²) in [5, 5.41) is 15.4. The summed E-state index contributed by atoms with van der Waals surface area (Å²) in [5.41, 5.74) is 1.87. The van der Waals surface area contributed by atoms with Crippen LogP contribution in [-0.2, 0) is 6.54 Å². The number of carbonyl (C=O) groups excluding carboxylic acids is 1. The van der Waals surface area contributed by atoms with Crippen molar-refractivity contribution in [2.45, 2.75) is 25.3 Å². The topological polar surface area (TPSA) is 92.4 Å². The number of aromatic carboxylic acids is 1. The molecule has 1 saturated carbocycles. The van der Waals surface area contributed by atoms with Crippen LogP contribution in [0.2, 0.25) is 0 Å². The number of hydrogen-bond acceptors (Lipinski definition) is 4. The lowest BCUT2D eigenvalue weighted by molar-refractivity contribution is 0.0696. The van der Waals surface area contributed by atoms with Gasteiger partial charge in [-0.25, -0.2) is 4.79 Å². The molecule has 0 spiro atoms. The maximum absolute atomic E-state index is 11.9. The maximum atomic E-state index is 11.9. The lowest BCUT2D eigenvalue weighted by Gasteiger charge is -2.03. The Morgan fingerprint density at radius 1 is 1.29 bits per heavy atom. The van der Waals surface area contributed by atoms with Crippen LogP contribution < -0.4 is 5.32 Å². The smallest absolute Gasteiger partial charge is 0.335 e. The first-order valence-electron chi connectivity index (χ1n) is 6.70. The molecular weight excluding hydrogens is 272 g/mol. The molecule has 1 aromatic heterocycles. The van der Waals surface area contributed by atoms with Gasteiger partial charge in [0.25, 0.3) is 5.91 Å². The predicted molar refractivity (Wildman–Crippen MR) is 73.0 cm³/mol. The molecular formula is C15H14N2O4. The zero-order valence-electron chi connectivity index (χ0n) is 11.2. The molecule has 1 amide bonds. The minimum absolute atomic E-state index is 0.207. The zero-order chi connectivity index (χ0) is 14.8. The van der Waals surface area contributed by atoms with E-state index in [4.69, 9.17) is 9.63 Å². The Labute approximate surface area is 120 Å². The standard InChI is InChI=1S/C15H14N2O4/c18-14(13-7-12(17-21-13)10-5-6-10)16-8-9-1-3-11(4-2-9)15(19)20/h1-4,7,10H,5-6,8H2,(H,16,18)(H,19,20). The van der Waals surface area contributed by atoms with Crippen molar-refractivity contribution in [1.82, 2.24) is 10.5 Å². The lowest BCUT2D eigenvalue weighted by atomic mass is 10.1. The maximum Gasteiger partial charge on any atom is 0.335 e. The third kappa shape index (κ3) is 3.10. The molecule has 0 atom stereocenters. The van der Waals surface area contributed by atoms with Crippen molar-refractivity contribution >= 4 is 11.9 Å². The van der Waals surface area contributed by atoms with Crippen LogP contribution in [0.1, 0.15) is 50.9 Å². The van der Waals surface area contributed by atoms with E-state index in [0.29, 0.717) is 12.5 Å². The summed E-state index contributed by atoms with van der Waals surface area (Å²) < 4.78 is 5.03. The largest absolute Gasteiger partial charge is 0.478 e. The molecule has 1 aliphatic rings. The Morgan fingerprint density at radius 3 is 2.62 bits per heavy atom. The fraction of sp³-hybridized carbons (Fsp3) is 0.267. The van der Waals surface area contributed by atoms with Crippen molar-refractivity contribution < 1.29 is 19.2 Å². The molecule has 2 N–H and O–H groups in total. The second-order valence-electron chi connectivity index (χ2n) is 5.08. The van der Waals surface area contributed by atoms with Gasteiger partial charge < -0.3 is 14.9 Å². The Morgan fingerprint density at radius 2 is 2.00 bits per heavy atom. The van der Waals surface area contributed by atoms with E-state index in [9.17, 15) is 9.59 Å². The van der Waals surface area contributed by atoms with E-state index in [-0.39, 0.29) is 17.2 Å². The summed E-state index contributed by atoms with van der Waals surface area (Å²) in [6.45, 7) is 0.304. The molecule has 0 bridgehead atoms. The number of rotatable bonds is 5. The monoisotopic (exact) mass is 286 g/mol. The molecule has 1 aliphatic carbocycles. The molecule has 6 heteroatoms. The molecule has 2 aromatic rings. The molecule has 0 unspecified atom stereocenters. The summed E-state index contributed by atoms with van der Waals surface area (Å²) in [5.74, 6) is -0.644. The van der Waals surface area contributed by atoms with Gasteiger partial charge in [0, 0.05) is 18.5 Å². The fourth-order valence-corrected chi connectivity index (χ4v) is 2.00. The second-order valence-corrected chi connectivity index (χ2v) is 5.08. The van der Waals surface area contributed by atoms with Gasteiger partial charge in [0.2, 0.25) is 5.76 Å². The number of benzene rings is 1. The van der Waals surface area contributed by atoms with Gasteiger partial charge in [-0.1, -0.05) is 17.3 Å². The predicted octanol–water partition coefficient (Wildman–Crippen LogP) is 2.18. The number of amides is 1. The van der Waals surface area contributed by atoms with Gasteiger partial charge in [-0.05, 0) is 30.5 Å². The first kappa shape index (κ1) is 13.4. The number of carboxylic acids is 1. The third-order valence-corrected chi connectivity index (χ3v) is 3.40. The first-order valence-corrected chi connectivity index (χ1v) is 6.70. The molecule has 6 nitrogen and oxygen atoms in total. The highest BCUT2D eigenvalue weighted by atomic mass is 16.5. The second kappa shape index (κ2) is 5.40. The number of hydrogen-bond donors (Lipinski definition) is 2. The highest BCUT2D eigenvalue weighted by Crippen LogP contribution is 2.39. The van der Waals surface area contributed by atoms with Gasteiger partial charge in [-0.3, -0.25) is 4.79 Å². The van der Waals surface area contributed by atoms with Gasteiger partial charge in [0.1, 0.15) is 0 Å². The van der Waals surface area contributed by atoms with Crippen LogP contribution in [0.5, 0.6) is 0 Å². The van der Waals surface area contributed by atoms with Crippen molar-refractivity contribution in [3.05, 3.63) is 52.9 Å². The van der Waals surface area contributed by atoms with Gasteiger partial charge in [0.15, 0.2) is 0 Å². The van der Waals surface area contributed by atoms with E-state index in [1.165, 1.54) is 12.1 Å². The first-order chi connectivity index (χ1) is 10.1. The van der Waals surface area contributed by atoms with Crippen LogP contribution in [0, 0.1) is 0 Å². The Bertz CT molecular complexity index is 671. The summed E-state index contributed by atoms with van der Waals surface area (Å²) in [6, 6.07) is 8.02. The van der Waals surface area contributed by atoms with Crippen LogP contribution in [0.3, 0.4) is 0 Å². The quantitative estimate of drug-likeness (QED) is 0.878. The van der Waals surface area contributed by atoms with Gasteiger partial charge in [-0.2, -0.15) is 0 Å². The SMILES string of the molecule is O=C(O)c1ccc(CNC(=O)c2cc(C3CC3)no2)cc1. The average Bonchev–Trinajstić information content (AvgIpc) is 3.22. The number of nitrogens with one attached hydrogen (secondary N) is 1. The number of aromatic nitrogens is 1. The fourth-order valence-electron chi connectivity index (χ4n) is 2.00. The van der Waals surface area contributed by atoms with E-state index >= 15 is 0 Å². The average molecular weight is 286 g/mol. The summed E-state index contributed by atoms with van der Waals surface area (Å²) in [7, 11) is 0. The number of carboxylic acid groups (broad SMARTS) is 1. The van der Waals surface area contributed by atoms with Gasteiger partial charge >= 0.3 is 5.97 Å². The van der Waals surface area contributed by atoms with Crippen LogP contribution in [-0.4, -0.2) is 22.1 Å². The van der Waals surface area contributed by atoms with Crippen molar-refractivity contribution in [2.75, 3.05) is 0 Å². The van der Waals surface area contributed by atoms with Crippen LogP contribution in [0.25, 0.3) is 0 Å². The molecule has 0 saturated heterocycles. The van der Waals surface area contributed by atoms with Gasteiger partial charge in [0.05, 0.1) is 11.3 Å².